The van der Waals surface area contributed by atoms with Gasteiger partial charge < -0.3 is 5.11 Å². The molecule has 2 aromatic carbocycles. The Balaban J connectivity index is 1.77. The van der Waals surface area contributed by atoms with Crippen molar-refractivity contribution in [1.29, 1.82) is 0 Å². The molecule has 1 amide bonds. The third-order valence-electron chi connectivity index (χ3n) is 5.20. The first kappa shape index (κ1) is 22.2. The average Bonchev–Trinajstić information content (AvgIpc) is 2.76. The van der Waals surface area contributed by atoms with Gasteiger partial charge in [-0.05, 0) is 49.2 Å². The molecule has 1 fully saturated rings. The van der Waals surface area contributed by atoms with Crippen LogP contribution < -0.4 is 15.6 Å². The molecule has 1 atom stereocenters. The van der Waals surface area contributed by atoms with Crippen molar-refractivity contribution in [1.82, 2.24) is 10.3 Å². The summed E-state index contributed by atoms with van der Waals surface area (Å²) in [5.41, 5.74) is 3.81. The van der Waals surface area contributed by atoms with Crippen molar-refractivity contribution in [3.63, 3.8) is 0 Å². The highest BCUT2D eigenvalue weighted by molar-refractivity contribution is 7.92. The molecule has 0 radical (unpaired) electrons. The molecule has 8 nitrogen and oxygen atoms in total. The smallest absolute Gasteiger partial charge is 0.265 e. The average molecular weight is 433 g/mol. The number of β-amino-alcohol motifs (C(OH)–C–C–N with tert-alkyl or cyclic N) is 1. The number of carbonyl (C=O) groups is 1. The van der Waals surface area contributed by atoms with E-state index in [0.717, 1.165) is 24.9 Å². The predicted octanol–water partition coefficient (Wildman–Crippen LogP) is 1.08. The van der Waals surface area contributed by atoms with Gasteiger partial charge in [-0.1, -0.05) is 30.3 Å². The largest absolute Gasteiger partial charge is 0.392 e. The summed E-state index contributed by atoms with van der Waals surface area (Å²) in [5.74, 6) is 4.71. The van der Waals surface area contributed by atoms with Crippen LogP contribution in [-0.2, 0) is 16.6 Å². The van der Waals surface area contributed by atoms with E-state index in [4.69, 9.17) is 5.84 Å². The number of hydrogen-bond acceptors (Lipinski definition) is 6. The Morgan fingerprint density at radius 1 is 1.17 bits per heavy atom. The number of hydrazine groups is 1. The monoisotopic (exact) mass is 432 g/mol. The van der Waals surface area contributed by atoms with Crippen molar-refractivity contribution in [3.05, 3.63) is 65.7 Å². The Kier molecular flexibility index (Phi) is 7.43. The number of anilines is 1. The lowest BCUT2D eigenvalue weighted by Gasteiger charge is -2.31. The molecular formula is C21H28N4O4S. The van der Waals surface area contributed by atoms with Crippen molar-refractivity contribution in [3.8, 4) is 0 Å². The van der Waals surface area contributed by atoms with Gasteiger partial charge in [0.2, 0.25) is 10.0 Å². The minimum absolute atomic E-state index is 0.0394. The van der Waals surface area contributed by atoms with E-state index in [1.54, 1.807) is 48.5 Å². The van der Waals surface area contributed by atoms with E-state index < -0.39 is 22.0 Å². The van der Waals surface area contributed by atoms with Gasteiger partial charge in [-0.15, -0.1) is 0 Å². The molecule has 162 valence electrons. The Bertz CT molecular complexity index is 935. The highest BCUT2D eigenvalue weighted by Gasteiger charge is 2.25. The number of amides is 1. The molecule has 1 saturated heterocycles. The SMILES string of the molecule is NNC(=O)c1ccc(CN(c2ccccc2)S(=O)(=O)CCN2CCCC(O)C2)cc1. The Labute approximate surface area is 177 Å². The topological polar surface area (TPSA) is 116 Å². The summed E-state index contributed by atoms with van der Waals surface area (Å²) in [6.45, 7) is 1.83. The van der Waals surface area contributed by atoms with E-state index in [9.17, 15) is 18.3 Å². The second-order valence-electron chi connectivity index (χ2n) is 7.43. The van der Waals surface area contributed by atoms with Crippen LogP contribution in [0.2, 0.25) is 0 Å². The number of likely N-dealkylation sites (tertiary alicyclic amines) is 1. The van der Waals surface area contributed by atoms with Crippen LogP contribution in [0.3, 0.4) is 0 Å². The minimum atomic E-state index is -3.61. The molecule has 1 aliphatic heterocycles. The van der Waals surface area contributed by atoms with Crippen LogP contribution in [-0.4, -0.2) is 55.8 Å². The van der Waals surface area contributed by atoms with Crippen LogP contribution in [0.15, 0.2) is 54.6 Å². The van der Waals surface area contributed by atoms with Crippen LogP contribution >= 0.6 is 0 Å². The van der Waals surface area contributed by atoms with Crippen molar-refractivity contribution >= 4 is 21.6 Å². The quantitative estimate of drug-likeness (QED) is 0.327. The van der Waals surface area contributed by atoms with Gasteiger partial charge in [0.25, 0.3) is 5.91 Å². The molecular weight excluding hydrogens is 404 g/mol. The lowest BCUT2D eigenvalue weighted by molar-refractivity contribution is 0.0740. The van der Waals surface area contributed by atoms with Crippen molar-refractivity contribution < 1.29 is 18.3 Å². The van der Waals surface area contributed by atoms with Gasteiger partial charge in [-0.3, -0.25) is 19.4 Å². The fourth-order valence-corrected chi connectivity index (χ4v) is 5.04. The molecule has 9 heteroatoms. The molecule has 0 bridgehead atoms. The third-order valence-corrected chi connectivity index (χ3v) is 6.91. The number of benzene rings is 2. The van der Waals surface area contributed by atoms with E-state index in [1.807, 2.05) is 11.0 Å². The van der Waals surface area contributed by atoms with Crippen LogP contribution in [0.4, 0.5) is 5.69 Å². The normalized spacial score (nSPS) is 17.5. The number of para-hydroxylation sites is 1. The molecule has 1 unspecified atom stereocenters. The zero-order chi connectivity index (χ0) is 21.6. The molecule has 1 heterocycles. The fourth-order valence-electron chi connectivity index (χ4n) is 3.54. The highest BCUT2D eigenvalue weighted by Crippen LogP contribution is 2.22. The second-order valence-corrected chi connectivity index (χ2v) is 9.44. The van der Waals surface area contributed by atoms with Gasteiger partial charge >= 0.3 is 0 Å². The summed E-state index contributed by atoms with van der Waals surface area (Å²) in [7, 11) is -3.61. The van der Waals surface area contributed by atoms with Gasteiger partial charge in [-0.2, -0.15) is 0 Å². The molecule has 0 aromatic heterocycles. The molecule has 3 rings (SSSR count). The number of nitrogens with two attached hydrogens (primary N) is 1. The number of nitrogens with one attached hydrogen (secondary N) is 1. The number of nitrogen functional groups attached to an aromatic ring is 1. The lowest BCUT2D eigenvalue weighted by Crippen LogP contribution is -2.43. The fraction of sp³-hybridized carbons (Fsp3) is 0.381. The summed E-state index contributed by atoms with van der Waals surface area (Å²) >= 11 is 0. The van der Waals surface area contributed by atoms with Crippen LogP contribution in [0.5, 0.6) is 0 Å². The van der Waals surface area contributed by atoms with Gasteiger partial charge in [0.05, 0.1) is 24.1 Å². The van der Waals surface area contributed by atoms with Gasteiger partial charge in [-0.25, -0.2) is 14.3 Å². The number of carbonyl (C=O) groups excluding carboxylic acids is 1. The van der Waals surface area contributed by atoms with Crippen LogP contribution in [0, 0.1) is 0 Å². The summed E-state index contributed by atoms with van der Waals surface area (Å²) in [6, 6.07) is 15.6. The van der Waals surface area contributed by atoms with Gasteiger partial charge in [0.1, 0.15) is 0 Å². The van der Waals surface area contributed by atoms with E-state index in [2.05, 4.69) is 5.43 Å². The number of sulfonamides is 1. The van der Waals surface area contributed by atoms with E-state index in [1.165, 1.54) is 4.31 Å². The maximum absolute atomic E-state index is 13.2. The lowest BCUT2D eigenvalue weighted by atomic mass is 10.1. The first-order valence-corrected chi connectivity index (χ1v) is 11.6. The molecule has 0 aliphatic carbocycles. The van der Waals surface area contributed by atoms with Gasteiger partial charge in [0.15, 0.2) is 0 Å². The predicted molar refractivity (Wildman–Crippen MR) is 116 cm³/mol. The summed E-state index contributed by atoms with van der Waals surface area (Å²) in [5, 5.41) is 9.83. The first-order chi connectivity index (χ1) is 14.4. The zero-order valence-electron chi connectivity index (χ0n) is 16.8. The standard InChI is InChI=1S/C21H28N4O4S/c22-23-21(27)18-10-8-17(9-11-18)15-25(19-5-2-1-3-6-19)30(28,29)14-13-24-12-4-7-20(26)16-24/h1-3,5-6,8-11,20,26H,4,7,12-16,22H2,(H,23,27). The molecule has 0 saturated carbocycles. The molecule has 30 heavy (non-hydrogen) atoms. The second kappa shape index (κ2) is 10.0. The number of rotatable bonds is 8. The molecule has 0 spiro atoms. The van der Waals surface area contributed by atoms with Crippen molar-refractivity contribution in [2.45, 2.75) is 25.5 Å². The van der Waals surface area contributed by atoms with E-state index >= 15 is 0 Å². The first-order valence-electron chi connectivity index (χ1n) is 9.95. The maximum Gasteiger partial charge on any atom is 0.265 e. The molecule has 4 N–H and O–H groups in total. The van der Waals surface area contributed by atoms with Gasteiger partial charge in [0, 0.05) is 18.7 Å². The third kappa shape index (κ3) is 5.79. The van der Waals surface area contributed by atoms with Crippen LogP contribution in [0.1, 0.15) is 28.8 Å². The van der Waals surface area contributed by atoms with Crippen LogP contribution in [0.25, 0.3) is 0 Å². The van der Waals surface area contributed by atoms with E-state index in [0.29, 0.717) is 24.3 Å². The zero-order valence-corrected chi connectivity index (χ0v) is 17.6. The molecule has 1 aliphatic rings. The maximum atomic E-state index is 13.2. The Morgan fingerprint density at radius 3 is 2.50 bits per heavy atom. The van der Waals surface area contributed by atoms with Crippen molar-refractivity contribution in [2.24, 2.45) is 5.84 Å². The summed E-state index contributed by atoms with van der Waals surface area (Å²) < 4.78 is 27.9. The molecule has 2 aromatic rings. The highest BCUT2D eigenvalue weighted by atomic mass is 32.2. The number of nitrogens with zero attached hydrogens (tertiary/aromatic N) is 2. The number of piperidine rings is 1. The summed E-state index contributed by atoms with van der Waals surface area (Å²) in [4.78, 5) is 13.6. The summed E-state index contributed by atoms with van der Waals surface area (Å²) in [6.07, 6.45) is 1.24. The Morgan fingerprint density at radius 2 is 1.87 bits per heavy atom. The Hall–Kier alpha value is -2.46. The minimum Gasteiger partial charge on any atom is -0.392 e. The van der Waals surface area contributed by atoms with E-state index in [-0.39, 0.29) is 12.3 Å². The van der Waals surface area contributed by atoms with Crippen molar-refractivity contribution in [2.75, 3.05) is 29.7 Å². The number of aliphatic hydroxyl groups excluding tert-OH is 1. The number of aliphatic hydroxyl groups is 1. The number of hydrogen-bond donors (Lipinski definition) is 3.